The molecule has 16 heavy (non-hydrogen) atoms. The smallest absolute Gasteiger partial charge is 0.0294 e. The molecule has 1 heteroatoms. The van der Waals surface area contributed by atoms with Gasteiger partial charge in [0.1, 0.15) is 0 Å². The van der Waals surface area contributed by atoms with Crippen LogP contribution >= 0.6 is 0 Å². The minimum absolute atomic E-state index is 0.397. The molecule has 0 aliphatic carbocycles. The largest absolute Gasteiger partial charge is 0.307 e. The Balaban J connectivity index is 2.68. The maximum atomic E-state index is 3.77. The van der Waals surface area contributed by atoms with Crippen LogP contribution in [0.5, 0.6) is 0 Å². The first-order chi connectivity index (χ1) is 7.54. The summed E-state index contributed by atoms with van der Waals surface area (Å²) < 4.78 is 0. The number of hydrogen-bond acceptors (Lipinski definition) is 1. The van der Waals surface area contributed by atoms with Crippen LogP contribution in [0.2, 0.25) is 0 Å². The fraction of sp³-hybridized carbons (Fsp3) is 0.467. The van der Waals surface area contributed by atoms with E-state index in [0.29, 0.717) is 12.1 Å². The van der Waals surface area contributed by atoms with Crippen LogP contribution in [0.25, 0.3) is 0 Å². The minimum atomic E-state index is 0.397. The van der Waals surface area contributed by atoms with E-state index in [1.165, 1.54) is 16.7 Å². The number of aryl methyl sites for hydroxylation is 2. The lowest BCUT2D eigenvalue weighted by atomic mass is 10.0. The summed E-state index contributed by atoms with van der Waals surface area (Å²) in [6.45, 7) is 12.5. The summed E-state index contributed by atoms with van der Waals surface area (Å²) in [5, 5.41) is 3.57. The molecule has 88 valence electrons. The number of hydrogen-bond donors (Lipinski definition) is 1. The average molecular weight is 217 g/mol. The standard InChI is InChI=1S/C15H23N/c1-6-7-13(4)16-14(5)15-9-8-11(2)12(3)10-15/h6,8-10,13-14,16H,1,7H2,2-5H3. The van der Waals surface area contributed by atoms with Crippen molar-refractivity contribution in [1.29, 1.82) is 0 Å². The molecule has 0 saturated heterocycles. The predicted molar refractivity (Wildman–Crippen MR) is 71.7 cm³/mol. The van der Waals surface area contributed by atoms with E-state index >= 15 is 0 Å². The van der Waals surface area contributed by atoms with Gasteiger partial charge >= 0.3 is 0 Å². The van der Waals surface area contributed by atoms with E-state index in [1.54, 1.807) is 0 Å². The normalized spacial score (nSPS) is 14.5. The zero-order valence-corrected chi connectivity index (χ0v) is 10.9. The van der Waals surface area contributed by atoms with E-state index in [2.05, 4.69) is 57.8 Å². The lowest BCUT2D eigenvalue weighted by Gasteiger charge is -2.20. The van der Waals surface area contributed by atoms with Gasteiger partial charge in [-0.15, -0.1) is 6.58 Å². The quantitative estimate of drug-likeness (QED) is 0.737. The van der Waals surface area contributed by atoms with Crippen molar-refractivity contribution in [3.8, 4) is 0 Å². The van der Waals surface area contributed by atoms with Crippen LogP contribution in [-0.4, -0.2) is 6.04 Å². The third-order valence-corrected chi connectivity index (χ3v) is 3.09. The SMILES string of the molecule is C=CCC(C)NC(C)c1ccc(C)c(C)c1. The highest BCUT2D eigenvalue weighted by Gasteiger charge is 2.08. The summed E-state index contributed by atoms with van der Waals surface area (Å²) >= 11 is 0. The van der Waals surface area contributed by atoms with Crippen molar-refractivity contribution in [1.82, 2.24) is 5.32 Å². The highest BCUT2D eigenvalue weighted by molar-refractivity contribution is 5.31. The van der Waals surface area contributed by atoms with E-state index in [1.807, 2.05) is 6.08 Å². The molecule has 1 nitrogen and oxygen atoms in total. The Morgan fingerprint density at radius 3 is 2.50 bits per heavy atom. The van der Waals surface area contributed by atoms with E-state index in [9.17, 15) is 0 Å². The first-order valence-corrected chi connectivity index (χ1v) is 5.98. The minimum Gasteiger partial charge on any atom is -0.307 e. The van der Waals surface area contributed by atoms with Crippen LogP contribution in [0.15, 0.2) is 30.9 Å². The molecule has 0 saturated carbocycles. The molecule has 0 aliphatic heterocycles. The van der Waals surface area contributed by atoms with Crippen LogP contribution in [0.3, 0.4) is 0 Å². The molecule has 0 heterocycles. The van der Waals surface area contributed by atoms with Crippen molar-refractivity contribution in [3.05, 3.63) is 47.5 Å². The average Bonchev–Trinajstić information content (AvgIpc) is 2.22. The Kier molecular flexibility index (Phi) is 4.75. The van der Waals surface area contributed by atoms with Gasteiger partial charge in [0.25, 0.3) is 0 Å². The first kappa shape index (κ1) is 13.0. The van der Waals surface area contributed by atoms with Gasteiger partial charge < -0.3 is 5.32 Å². The summed E-state index contributed by atoms with van der Waals surface area (Å²) in [5.41, 5.74) is 4.08. The monoisotopic (exact) mass is 217 g/mol. The van der Waals surface area contributed by atoms with Crippen molar-refractivity contribution in [3.63, 3.8) is 0 Å². The maximum absolute atomic E-state index is 3.77. The van der Waals surface area contributed by atoms with Crippen molar-refractivity contribution >= 4 is 0 Å². The number of rotatable bonds is 5. The maximum Gasteiger partial charge on any atom is 0.0294 e. The molecule has 0 spiro atoms. The highest BCUT2D eigenvalue weighted by atomic mass is 14.9. The highest BCUT2D eigenvalue weighted by Crippen LogP contribution is 2.17. The van der Waals surface area contributed by atoms with E-state index in [-0.39, 0.29) is 0 Å². The number of nitrogens with one attached hydrogen (secondary N) is 1. The van der Waals surface area contributed by atoms with Crippen LogP contribution in [0.1, 0.15) is 43.0 Å². The molecule has 0 amide bonds. The summed E-state index contributed by atoms with van der Waals surface area (Å²) in [7, 11) is 0. The second-order valence-electron chi connectivity index (χ2n) is 4.66. The molecule has 0 fully saturated rings. The Hall–Kier alpha value is -1.08. The molecule has 1 aromatic carbocycles. The summed E-state index contributed by atoms with van der Waals surface area (Å²) in [5.74, 6) is 0. The first-order valence-electron chi connectivity index (χ1n) is 5.98. The topological polar surface area (TPSA) is 12.0 Å². The van der Waals surface area contributed by atoms with E-state index < -0.39 is 0 Å². The van der Waals surface area contributed by atoms with Crippen LogP contribution < -0.4 is 5.32 Å². The molecular formula is C15H23N. The third kappa shape index (κ3) is 3.49. The van der Waals surface area contributed by atoms with Gasteiger partial charge in [0.2, 0.25) is 0 Å². The second kappa shape index (κ2) is 5.86. The van der Waals surface area contributed by atoms with E-state index in [4.69, 9.17) is 0 Å². The zero-order chi connectivity index (χ0) is 12.1. The fourth-order valence-electron chi connectivity index (χ4n) is 1.87. The lowest BCUT2D eigenvalue weighted by Crippen LogP contribution is -2.28. The van der Waals surface area contributed by atoms with Gasteiger partial charge in [0, 0.05) is 12.1 Å². The molecule has 1 rings (SSSR count). The van der Waals surface area contributed by atoms with Gasteiger partial charge in [0.15, 0.2) is 0 Å². The Bertz CT molecular complexity index is 354. The predicted octanol–water partition coefficient (Wildman–Crippen LogP) is 3.92. The molecule has 1 N–H and O–H groups in total. The van der Waals surface area contributed by atoms with Crippen molar-refractivity contribution < 1.29 is 0 Å². The van der Waals surface area contributed by atoms with Gasteiger partial charge in [-0.05, 0) is 50.8 Å². The van der Waals surface area contributed by atoms with Gasteiger partial charge in [-0.2, -0.15) is 0 Å². The molecule has 0 bridgehead atoms. The molecular weight excluding hydrogens is 194 g/mol. The molecule has 2 atom stereocenters. The molecule has 0 aromatic heterocycles. The fourth-order valence-corrected chi connectivity index (χ4v) is 1.87. The summed E-state index contributed by atoms with van der Waals surface area (Å²) in [4.78, 5) is 0. The van der Waals surface area contributed by atoms with Gasteiger partial charge in [-0.25, -0.2) is 0 Å². The Morgan fingerprint density at radius 2 is 1.94 bits per heavy atom. The third-order valence-electron chi connectivity index (χ3n) is 3.09. The van der Waals surface area contributed by atoms with Crippen molar-refractivity contribution in [2.24, 2.45) is 0 Å². The molecule has 2 unspecified atom stereocenters. The van der Waals surface area contributed by atoms with Crippen molar-refractivity contribution in [2.45, 2.75) is 46.2 Å². The molecule has 0 aliphatic rings. The summed E-state index contributed by atoms with van der Waals surface area (Å²) in [6.07, 6.45) is 2.97. The Morgan fingerprint density at radius 1 is 1.25 bits per heavy atom. The van der Waals surface area contributed by atoms with Crippen molar-refractivity contribution in [2.75, 3.05) is 0 Å². The molecule has 0 radical (unpaired) electrons. The Labute approximate surface area is 99.6 Å². The second-order valence-corrected chi connectivity index (χ2v) is 4.66. The lowest BCUT2D eigenvalue weighted by molar-refractivity contribution is 0.482. The van der Waals surface area contributed by atoms with Gasteiger partial charge in [-0.3, -0.25) is 0 Å². The number of benzene rings is 1. The van der Waals surface area contributed by atoms with E-state index in [0.717, 1.165) is 6.42 Å². The van der Waals surface area contributed by atoms with Gasteiger partial charge in [-0.1, -0.05) is 24.3 Å². The zero-order valence-electron chi connectivity index (χ0n) is 10.9. The summed E-state index contributed by atoms with van der Waals surface area (Å²) in [6, 6.07) is 7.55. The molecule has 1 aromatic rings. The van der Waals surface area contributed by atoms with Gasteiger partial charge in [0.05, 0.1) is 0 Å². The van der Waals surface area contributed by atoms with Crippen LogP contribution in [-0.2, 0) is 0 Å². The van der Waals surface area contributed by atoms with Crippen LogP contribution in [0.4, 0.5) is 0 Å². The van der Waals surface area contributed by atoms with Crippen LogP contribution in [0, 0.1) is 13.8 Å².